The van der Waals surface area contributed by atoms with Crippen LogP contribution in [0.1, 0.15) is 18.4 Å². The highest BCUT2D eigenvalue weighted by molar-refractivity contribution is 5.80. The molecule has 1 N–H and O–H groups in total. The monoisotopic (exact) mass is 307 g/mol. The maximum atomic E-state index is 5.50. The van der Waals surface area contributed by atoms with E-state index < -0.39 is 0 Å². The van der Waals surface area contributed by atoms with Gasteiger partial charge in [0.15, 0.2) is 17.5 Å². The van der Waals surface area contributed by atoms with E-state index in [0.717, 1.165) is 24.6 Å². The minimum atomic E-state index is 0.612. The number of rotatable bonds is 5. The van der Waals surface area contributed by atoms with Gasteiger partial charge in [0.05, 0.1) is 21.3 Å². The first-order valence-corrected chi connectivity index (χ1v) is 7.48. The summed E-state index contributed by atoms with van der Waals surface area (Å²) in [5, 5.41) is 3.39. The molecule has 0 radical (unpaired) electrons. The van der Waals surface area contributed by atoms with Gasteiger partial charge in [-0.15, -0.1) is 0 Å². The van der Waals surface area contributed by atoms with Crippen LogP contribution in [0.2, 0.25) is 0 Å². The molecule has 1 aromatic rings. The molecule has 0 aliphatic carbocycles. The fourth-order valence-electron chi connectivity index (χ4n) is 2.74. The van der Waals surface area contributed by atoms with Gasteiger partial charge in [-0.2, -0.15) is 0 Å². The Morgan fingerprint density at radius 3 is 2.32 bits per heavy atom. The van der Waals surface area contributed by atoms with Crippen molar-refractivity contribution in [3.63, 3.8) is 0 Å². The van der Waals surface area contributed by atoms with Crippen molar-refractivity contribution in [2.75, 3.05) is 41.5 Å². The van der Waals surface area contributed by atoms with Crippen LogP contribution in [0, 0.1) is 0 Å². The van der Waals surface area contributed by atoms with E-state index in [-0.39, 0.29) is 0 Å². The molecule has 0 bridgehead atoms. The summed E-state index contributed by atoms with van der Waals surface area (Å²) in [5.41, 5.74) is 1.00. The minimum absolute atomic E-state index is 0.612. The summed E-state index contributed by atoms with van der Waals surface area (Å²) in [7, 11) is 6.67. The van der Waals surface area contributed by atoms with E-state index in [0.29, 0.717) is 23.8 Å². The maximum absolute atomic E-state index is 5.50. The lowest BCUT2D eigenvalue weighted by atomic mass is 10.1. The molecule has 22 heavy (non-hydrogen) atoms. The number of ether oxygens (including phenoxy) is 3. The molecule has 1 saturated heterocycles. The lowest BCUT2D eigenvalue weighted by Crippen LogP contribution is -2.39. The van der Waals surface area contributed by atoms with Gasteiger partial charge < -0.3 is 24.4 Å². The Bertz CT molecular complexity index is 526. The summed E-state index contributed by atoms with van der Waals surface area (Å²) < 4.78 is 16.2. The number of aliphatic imine (C=N–C) groups is 1. The molecular weight excluding hydrogens is 282 g/mol. The number of guanidine groups is 1. The molecule has 1 aliphatic rings. The van der Waals surface area contributed by atoms with Crippen LogP contribution in [0.25, 0.3) is 0 Å². The molecular formula is C16H25N3O3. The molecule has 0 atom stereocenters. The van der Waals surface area contributed by atoms with Crippen LogP contribution in [0.4, 0.5) is 0 Å². The normalized spacial score (nSPS) is 14.9. The van der Waals surface area contributed by atoms with Gasteiger partial charge in [-0.3, -0.25) is 4.99 Å². The average Bonchev–Trinajstić information content (AvgIpc) is 3.08. The van der Waals surface area contributed by atoms with Gasteiger partial charge in [-0.25, -0.2) is 0 Å². The predicted molar refractivity (Wildman–Crippen MR) is 87.1 cm³/mol. The second-order valence-corrected chi connectivity index (χ2v) is 5.09. The Morgan fingerprint density at radius 2 is 1.77 bits per heavy atom. The molecule has 1 heterocycles. The fourth-order valence-corrected chi connectivity index (χ4v) is 2.74. The number of nitrogens with one attached hydrogen (secondary N) is 1. The molecule has 2 rings (SSSR count). The van der Waals surface area contributed by atoms with Crippen LogP contribution in [-0.2, 0) is 6.54 Å². The number of methoxy groups -OCH3 is 3. The van der Waals surface area contributed by atoms with Crippen molar-refractivity contribution >= 4 is 5.96 Å². The number of nitrogens with zero attached hydrogens (tertiary/aromatic N) is 2. The zero-order chi connectivity index (χ0) is 15.9. The number of hydrogen-bond donors (Lipinski definition) is 1. The van der Waals surface area contributed by atoms with E-state index in [1.54, 1.807) is 21.3 Å². The van der Waals surface area contributed by atoms with Crippen LogP contribution in [0.5, 0.6) is 17.2 Å². The largest absolute Gasteiger partial charge is 0.493 e. The van der Waals surface area contributed by atoms with E-state index in [4.69, 9.17) is 14.2 Å². The van der Waals surface area contributed by atoms with Gasteiger partial charge in [-0.1, -0.05) is 0 Å². The van der Waals surface area contributed by atoms with Crippen LogP contribution in [0.3, 0.4) is 0 Å². The Labute approximate surface area is 132 Å². The van der Waals surface area contributed by atoms with Crippen molar-refractivity contribution in [3.8, 4) is 17.2 Å². The van der Waals surface area contributed by atoms with Crippen molar-refractivity contribution in [1.29, 1.82) is 0 Å². The quantitative estimate of drug-likeness (QED) is 0.665. The molecule has 1 fully saturated rings. The summed E-state index contributed by atoms with van der Waals surface area (Å²) in [6.45, 7) is 2.73. The van der Waals surface area contributed by atoms with Crippen LogP contribution >= 0.6 is 0 Å². The summed E-state index contributed by atoms with van der Waals surface area (Å²) in [5.74, 6) is 2.88. The smallest absolute Gasteiger partial charge is 0.203 e. The minimum Gasteiger partial charge on any atom is -0.493 e. The summed E-state index contributed by atoms with van der Waals surface area (Å²) in [6, 6.07) is 3.86. The molecule has 0 saturated carbocycles. The molecule has 1 aromatic carbocycles. The first-order valence-electron chi connectivity index (χ1n) is 7.48. The fraction of sp³-hybridized carbons (Fsp3) is 0.562. The average molecular weight is 307 g/mol. The van der Waals surface area contributed by atoms with Gasteiger partial charge in [0.1, 0.15) is 0 Å². The second kappa shape index (κ2) is 7.77. The Kier molecular flexibility index (Phi) is 5.75. The van der Waals surface area contributed by atoms with Crippen molar-refractivity contribution in [2.24, 2.45) is 4.99 Å². The van der Waals surface area contributed by atoms with Gasteiger partial charge in [0.25, 0.3) is 0 Å². The third kappa shape index (κ3) is 3.37. The van der Waals surface area contributed by atoms with E-state index in [1.807, 2.05) is 19.2 Å². The number of benzene rings is 1. The molecule has 0 amide bonds. The highest BCUT2D eigenvalue weighted by Crippen LogP contribution is 2.39. The zero-order valence-corrected chi connectivity index (χ0v) is 13.8. The topological polar surface area (TPSA) is 55.3 Å². The number of hydrogen-bond acceptors (Lipinski definition) is 4. The zero-order valence-electron chi connectivity index (χ0n) is 13.8. The molecule has 6 heteroatoms. The molecule has 1 aliphatic heterocycles. The predicted octanol–water partition coefficient (Wildman–Crippen LogP) is 1.88. The van der Waals surface area contributed by atoms with E-state index in [1.165, 1.54) is 12.8 Å². The highest BCUT2D eigenvalue weighted by Gasteiger charge is 2.18. The molecule has 6 nitrogen and oxygen atoms in total. The first-order chi connectivity index (χ1) is 10.7. The molecule has 0 unspecified atom stereocenters. The van der Waals surface area contributed by atoms with E-state index in [2.05, 4.69) is 15.2 Å². The van der Waals surface area contributed by atoms with E-state index >= 15 is 0 Å². The van der Waals surface area contributed by atoms with Crippen LogP contribution in [0.15, 0.2) is 17.1 Å². The van der Waals surface area contributed by atoms with Crippen molar-refractivity contribution in [3.05, 3.63) is 17.7 Å². The Morgan fingerprint density at radius 1 is 1.09 bits per heavy atom. The third-order valence-corrected chi connectivity index (χ3v) is 3.84. The number of likely N-dealkylation sites (tertiary alicyclic amines) is 1. The van der Waals surface area contributed by atoms with Gasteiger partial charge >= 0.3 is 0 Å². The maximum Gasteiger partial charge on any atom is 0.203 e. The lowest BCUT2D eigenvalue weighted by molar-refractivity contribution is 0.322. The summed E-state index contributed by atoms with van der Waals surface area (Å²) in [6.07, 6.45) is 2.45. The Hall–Kier alpha value is -2.11. The first kappa shape index (κ1) is 16.3. The van der Waals surface area contributed by atoms with Crippen molar-refractivity contribution in [1.82, 2.24) is 10.2 Å². The van der Waals surface area contributed by atoms with Crippen LogP contribution in [-0.4, -0.2) is 52.3 Å². The SMILES string of the molecule is CN=C(NCc1ccc(OC)c(OC)c1OC)N1CCCC1. The van der Waals surface area contributed by atoms with Crippen LogP contribution < -0.4 is 19.5 Å². The second-order valence-electron chi connectivity index (χ2n) is 5.09. The standard InChI is InChI=1S/C16H25N3O3/c1-17-16(19-9-5-6-10-19)18-11-12-7-8-13(20-2)15(22-4)14(12)21-3/h7-8H,5-6,9-11H2,1-4H3,(H,17,18). The summed E-state index contributed by atoms with van der Waals surface area (Å²) in [4.78, 5) is 6.62. The Balaban J connectivity index is 2.15. The van der Waals surface area contributed by atoms with Gasteiger partial charge in [0.2, 0.25) is 5.75 Å². The van der Waals surface area contributed by atoms with Gasteiger partial charge in [-0.05, 0) is 25.0 Å². The lowest BCUT2D eigenvalue weighted by Gasteiger charge is -2.22. The van der Waals surface area contributed by atoms with Gasteiger partial charge in [0, 0.05) is 32.2 Å². The molecule has 0 aromatic heterocycles. The van der Waals surface area contributed by atoms with Crippen molar-refractivity contribution < 1.29 is 14.2 Å². The van der Waals surface area contributed by atoms with E-state index in [9.17, 15) is 0 Å². The molecule has 122 valence electrons. The summed E-state index contributed by atoms with van der Waals surface area (Å²) >= 11 is 0. The highest BCUT2D eigenvalue weighted by atomic mass is 16.5. The van der Waals surface area contributed by atoms with Crippen molar-refractivity contribution in [2.45, 2.75) is 19.4 Å². The molecule has 0 spiro atoms. The third-order valence-electron chi connectivity index (χ3n) is 3.84.